The molecule has 0 amide bonds. The summed E-state index contributed by atoms with van der Waals surface area (Å²) in [5.74, 6) is 0.674. The first-order chi connectivity index (χ1) is 14.0. The van der Waals surface area contributed by atoms with Crippen molar-refractivity contribution in [1.29, 1.82) is 0 Å². The number of rotatable bonds is 8. The van der Waals surface area contributed by atoms with Crippen LogP contribution < -0.4 is 9.47 Å². The molecule has 0 aromatic heterocycles. The van der Waals surface area contributed by atoms with Crippen molar-refractivity contribution in [3.05, 3.63) is 88.4 Å². The third-order valence-corrected chi connectivity index (χ3v) is 6.89. The fraction of sp³-hybridized carbons (Fsp3) is 0.182. The van der Waals surface area contributed by atoms with Crippen molar-refractivity contribution in [2.75, 3.05) is 14.2 Å². The minimum Gasteiger partial charge on any atom is -0.496 e. The molecule has 0 aliphatic heterocycles. The van der Waals surface area contributed by atoms with Crippen LogP contribution in [0, 0.1) is 0 Å². The Morgan fingerprint density at radius 2 is 1.28 bits per heavy atom. The topological polar surface area (TPSA) is 55.8 Å². The second-order valence-corrected chi connectivity index (χ2v) is 9.14. The number of halogens is 1. The molecule has 29 heavy (non-hydrogen) atoms. The highest BCUT2D eigenvalue weighted by Gasteiger charge is 2.29. The van der Waals surface area contributed by atoms with E-state index in [9.17, 15) is 8.42 Å². The number of hydrogen-bond acceptors (Lipinski definition) is 4. The summed E-state index contributed by atoms with van der Waals surface area (Å²) in [6, 6.07) is 22.1. The van der Waals surface area contributed by atoms with E-state index in [1.807, 2.05) is 60.7 Å². The van der Waals surface area contributed by atoms with Crippen LogP contribution in [0.5, 0.6) is 11.5 Å². The van der Waals surface area contributed by atoms with Crippen molar-refractivity contribution < 1.29 is 17.9 Å². The third-order valence-electron chi connectivity index (χ3n) is 4.46. The molecule has 0 unspecified atom stereocenters. The molecule has 0 saturated carbocycles. The van der Waals surface area contributed by atoms with Gasteiger partial charge in [0.15, 0.2) is 0 Å². The first kappa shape index (κ1) is 21.4. The van der Waals surface area contributed by atoms with E-state index in [0.717, 1.165) is 11.1 Å². The van der Waals surface area contributed by atoms with E-state index in [1.54, 1.807) is 6.07 Å². The number of sulfonamides is 1. The molecule has 7 heteroatoms. The molecule has 3 aromatic carbocycles. The molecule has 0 saturated heterocycles. The highest BCUT2D eigenvalue weighted by molar-refractivity contribution is 9.10. The minimum atomic E-state index is -3.88. The van der Waals surface area contributed by atoms with Gasteiger partial charge in [0, 0.05) is 19.2 Å². The fourth-order valence-electron chi connectivity index (χ4n) is 2.97. The maximum absolute atomic E-state index is 13.7. The Morgan fingerprint density at radius 3 is 1.72 bits per heavy atom. The number of hydrogen-bond donors (Lipinski definition) is 0. The van der Waals surface area contributed by atoms with Crippen LogP contribution in [0.3, 0.4) is 0 Å². The largest absolute Gasteiger partial charge is 0.496 e. The van der Waals surface area contributed by atoms with Crippen molar-refractivity contribution >= 4 is 26.0 Å². The van der Waals surface area contributed by atoms with Crippen molar-refractivity contribution in [2.45, 2.75) is 18.0 Å². The maximum atomic E-state index is 13.7. The van der Waals surface area contributed by atoms with E-state index in [1.165, 1.54) is 24.6 Å². The van der Waals surface area contributed by atoms with Gasteiger partial charge in [0.2, 0.25) is 10.0 Å². The lowest BCUT2D eigenvalue weighted by Gasteiger charge is -2.24. The molecule has 3 aromatic rings. The summed E-state index contributed by atoms with van der Waals surface area (Å²) >= 11 is 3.38. The summed E-state index contributed by atoms with van der Waals surface area (Å²) in [6.07, 6.45) is 0. The van der Waals surface area contributed by atoms with Gasteiger partial charge in [0.05, 0.1) is 18.7 Å². The van der Waals surface area contributed by atoms with Gasteiger partial charge in [-0.15, -0.1) is 0 Å². The van der Waals surface area contributed by atoms with Gasteiger partial charge in [-0.25, -0.2) is 8.42 Å². The zero-order chi connectivity index (χ0) is 20.9. The van der Waals surface area contributed by atoms with Gasteiger partial charge >= 0.3 is 0 Å². The van der Waals surface area contributed by atoms with Crippen molar-refractivity contribution in [1.82, 2.24) is 4.31 Å². The number of methoxy groups -OCH3 is 2. The normalized spacial score (nSPS) is 11.4. The van der Waals surface area contributed by atoms with E-state index >= 15 is 0 Å². The van der Waals surface area contributed by atoms with Crippen LogP contribution in [-0.2, 0) is 23.1 Å². The molecule has 0 heterocycles. The highest BCUT2D eigenvalue weighted by atomic mass is 79.9. The Bertz CT molecular complexity index is 1020. The van der Waals surface area contributed by atoms with Crippen molar-refractivity contribution in [3.8, 4) is 11.5 Å². The minimum absolute atomic E-state index is 0.0620. The Labute approximate surface area is 180 Å². The van der Waals surface area contributed by atoms with Gasteiger partial charge in [0.1, 0.15) is 16.4 Å². The Morgan fingerprint density at radius 1 is 0.793 bits per heavy atom. The molecular formula is C22H22BrNO4S. The zero-order valence-corrected chi connectivity index (χ0v) is 18.6. The van der Waals surface area contributed by atoms with Gasteiger partial charge in [-0.3, -0.25) is 0 Å². The van der Waals surface area contributed by atoms with E-state index in [-0.39, 0.29) is 23.7 Å². The Hall–Kier alpha value is -2.35. The van der Waals surface area contributed by atoms with Crippen LogP contribution in [-0.4, -0.2) is 26.9 Å². The van der Waals surface area contributed by atoms with E-state index in [2.05, 4.69) is 15.9 Å². The average molecular weight is 476 g/mol. The van der Waals surface area contributed by atoms with Crippen LogP contribution in [0.2, 0.25) is 0 Å². The predicted molar refractivity (Wildman–Crippen MR) is 117 cm³/mol. The van der Waals surface area contributed by atoms with Crippen LogP contribution in [0.15, 0.2) is 82.2 Å². The van der Waals surface area contributed by atoms with Crippen LogP contribution >= 0.6 is 15.9 Å². The van der Waals surface area contributed by atoms with Crippen molar-refractivity contribution in [3.63, 3.8) is 0 Å². The molecular weight excluding hydrogens is 454 g/mol. The van der Waals surface area contributed by atoms with Gasteiger partial charge in [-0.1, -0.05) is 60.7 Å². The highest BCUT2D eigenvalue weighted by Crippen LogP contribution is 2.37. The lowest BCUT2D eigenvalue weighted by molar-refractivity contribution is 0.376. The van der Waals surface area contributed by atoms with Crippen LogP contribution in [0.25, 0.3) is 0 Å². The molecule has 0 spiro atoms. The third kappa shape index (κ3) is 4.98. The average Bonchev–Trinajstić information content (AvgIpc) is 2.74. The molecule has 0 fully saturated rings. The van der Waals surface area contributed by atoms with Gasteiger partial charge < -0.3 is 9.47 Å². The first-order valence-electron chi connectivity index (χ1n) is 8.95. The number of nitrogens with zero attached hydrogens (tertiary/aromatic N) is 1. The maximum Gasteiger partial charge on any atom is 0.247 e. The molecule has 0 bridgehead atoms. The molecule has 0 atom stereocenters. The second kappa shape index (κ2) is 9.43. The Kier molecular flexibility index (Phi) is 6.95. The molecule has 0 N–H and O–H groups in total. The molecule has 0 aliphatic carbocycles. The smallest absolute Gasteiger partial charge is 0.247 e. The zero-order valence-electron chi connectivity index (χ0n) is 16.2. The number of ether oxygens (including phenoxy) is 2. The predicted octanol–water partition coefficient (Wildman–Crippen LogP) is 4.86. The SMILES string of the molecule is COc1cc(S(=O)(=O)N(Cc2ccccc2)Cc2ccccc2)c(OC)cc1Br. The molecule has 0 radical (unpaired) electrons. The van der Waals surface area contributed by atoms with Gasteiger partial charge in [0.25, 0.3) is 0 Å². The summed E-state index contributed by atoms with van der Waals surface area (Å²) in [6.45, 7) is 0.471. The second-order valence-electron chi connectivity index (χ2n) is 6.38. The van der Waals surface area contributed by atoms with E-state index in [0.29, 0.717) is 10.2 Å². The quantitative estimate of drug-likeness (QED) is 0.466. The summed E-state index contributed by atoms with van der Waals surface area (Å²) in [5, 5.41) is 0. The fourth-order valence-corrected chi connectivity index (χ4v) is 5.03. The first-order valence-corrected chi connectivity index (χ1v) is 11.2. The monoisotopic (exact) mass is 475 g/mol. The van der Waals surface area contributed by atoms with Crippen LogP contribution in [0.4, 0.5) is 0 Å². The number of benzene rings is 3. The molecule has 3 rings (SSSR count). The van der Waals surface area contributed by atoms with E-state index < -0.39 is 10.0 Å². The van der Waals surface area contributed by atoms with Crippen LogP contribution in [0.1, 0.15) is 11.1 Å². The summed E-state index contributed by atoms with van der Waals surface area (Å²) in [7, 11) is -0.937. The standard InChI is InChI=1S/C22H22BrNO4S/c1-27-20-14-22(21(28-2)13-19(20)23)29(25,26)24(15-17-9-5-3-6-10-17)16-18-11-7-4-8-12-18/h3-14H,15-16H2,1-2H3. The van der Waals surface area contributed by atoms with Gasteiger partial charge in [-0.05, 0) is 33.1 Å². The van der Waals surface area contributed by atoms with Gasteiger partial charge in [-0.2, -0.15) is 4.31 Å². The van der Waals surface area contributed by atoms with E-state index in [4.69, 9.17) is 9.47 Å². The molecule has 5 nitrogen and oxygen atoms in total. The summed E-state index contributed by atoms with van der Waals surface area (Å²) < 4.78 is 40.1. The Balaban J connectivity index is 2.08. The molecule has 0 aliphatic rings. The lowest BCUT2D eigenvalue weighted by Crippen LogP contribution is -2.30. The summed E-state index contributed by atoms with van der Waals surface area (Å²) in [4.78, 5) is 0.0620. The summed E-state index contributed by atoms with van der Waals surface area (Å²) in [5.41, 5.74) is 1.80. The van der Waals surface area contributed by atoms with Crippen molar-refractivity contribution in [2.24, 2.45) is 0 Å². The molecule has 152 valence electrons. The lowest BCUT2D eigenvalue weighted by atomic mass is 10.2.